The molecule has 92 valence electrons. The van der Waals surface area contributed by atoms with Crippen LogP contribution < -0.4 is 0 Å². The van der Waals surface area contributed by atoms with E-state index in [2.05, 4.69) is 8.83 Å². The molecule has 2 unspecified atom stereocenters. The Bertz CT molecular complexity index is 249. The molecule has 0 fully saturated rings. The third-order valence-corrected chi connectivity index (χ3v) is 2.96. The van der Waals surface area contributed by atoms with Gasteiger partial charge in [-0.15, -0.1) is 0 Å². The molecule has 0 aromatic carbocycles. The molecular weight excluding hydrogens is 302 g/mol. The van der Waals surface area contributed by atoms with Crippen LogP contribution in [0, 0.1) is 0 Å². The summed E-state index contributed by atoms with van der Waals surface area (Å²) in [6.45, 7) is 1.19. The summed E-state index contributed by atoms with van der Waals surface area (Å²) in [5.74, 6) is 0. The molecule has 12 heteroatoms. The SMILES string of the molecule is CC(Cl)OP(=O)(O)OP(=O)(O)O.CO.[Ca+2].[H-].[H-]. The molecule has 0 rings (SSSR count). The van der Waals surface area contributed by atoms with Crippen molar-refractivity contribution in [1.82, 2.24) is 0 Å². The summed E-state index contributed by atoms with van der Waals surface area (Å²) in [4.78, 5) is 24.8. The molecule has 8 nitrogen and oxygen atoms in total. The minimum absolute atomic E-state index is 0. The summed E-state index contributed by atoms with van der Waals surface area (Å²) in [5, 5.41) is 7.00. The third-order valence-electron chi connectivity index (χ3n) is 0.488. The van der Waals surface area contributed by atoms with E-state index in [0.29, 0.717) is 0 Å². The molecule has 0 radical (unpaired) electrons. The van der Waals surface area contributed by atoms with Gasteiger partial charge >= 0.3 is 53.4 Å². The largest absolute Gasteiger partial charge is 2.00 e. The number of aliphatic hydroxyl groups is 1. The number of hydrogen-bond acceptors (Lipinski definition) is 5. The number of hydrogen-bond donors (Lipinski definition) is 4. The van der Waals surface area contributed by atoms with Gasteiger partial charge in [0.1, 0.15) is 5.56 Å². The van der Waals surface area contributed by atoms with Gasteiger partial charge in [-0.05, 0) is 6.92 Å². The second-order valence-corrected chi connectivity index (χ2v) is 5.09. The quantitative estimate of drug-likeness (QED) is 0.329. The van der Waals surface area contributed by atoms with Crippen LogP contribution in [0.4, 0.5) is 0 Å². The van der Waals surface area contributed by atoms with E-state index in [9.17, 15) is 9.13 Å². The van der Waals surface area contributed by atoms with E-state index in [1.54, 1.807) is 0 Å². The molecule has 0 amide bonds. The predicted octanol–water partition coefficient (Wildman–Crippen LogP) is 0.250. The van der Waals surface area contributed by atoms with Crippen LogP contribution in [0.25, 0.3) is 0 Å². The summed E-state index contributed by atoms with van der Waals surface area (Å²) >= 11 is 5.10. The van der Waals surface area contributed by atoms with Gasteiger partial charge in [-0.2, -0.15) is 4.31 Å². The molecule has 0 saturated carbocycles. The topological polar surface area (TPSA) is 134 Å². The van der Waals surface area contributed by atoms with Crippen molar-refractivity contribution in [2.45, 2.75) is 12.5 Å². The molecule has 0 aliphatic rings. The van der Waals surface area contributed by atoms with E-state index < -0.39 is 21.2 Å². The molecule has 15 heavy (non-hydrogen) atoms. The van der Waals surface area contributed by atoms with Gasteiger partial charge in [-0.25, -0.2) is 9.13 Å². The zero-order valence-corrected chi connectivity index (χ0v) is 12.7. The maximum Gasteiger partial charge on any atom is 2.00 e. The molecule has 0 aliphatic carbocycles. The van der Waals surface area contributed by atoms with Crippen molar-refractivity contribution in [3.63, 3.8) is 0 Å². The second kappa shape index (κ2) is 9.76. The Morgan fingerprint density at radius 1 is 1.27 bits per heavy atom. The van der Waals surface area contributed by atoms with E-state index in [0.717, 1.165) is 7.11 Å². The van der Waals surface area contributed by atoms with Crippen LogP contribution >= 0.6 is 27.2 Å². The molecule has 0 bridgehead atoms. The van der Waals surface area contributed by atoms with Crippen molar-refractivity contribution in [3.05, 3.63) is 0 Å². The Labute approximate surface area is 124 Å². The van der Waals surface area contributed by atoms with E-state index >= 15 is 0 Å². The number of phosphoric acid groups is 2. The maximum absolute atomic E-state index is 10.6. The number of phosphoric ester groups is 1. The van der Waals surface area contributed by atoms with Gasteiger partial charge in [0.2, 0.25) is 0 Å². The molecular formula is C3H13CaClO8P2. The first-order chi connectivity index (χ1) is 6.12. The average Bonchev–Trinajstić information content (AvgIpc) is 1.82. The normalized spacial score (nSPS) is 16.5. The number of rotatable bonds is 4. The van der Waals surface area contributed by atoms with E-state index in [1.165, 1.54) is 6.92 Å². The van der Waals surface area contributed by atoms with Crippen molar-refractivity contribution in [1.29, 1.82) is 0 Å². The summed E-state index contributed by atoms with van der Waals surface area (Å²) in [6.07, 6.45) is 0. The van der Waals surface area contributed by atoms with Crippen molar-refractivity contribution in [3.8, 4) is 0 Å². The fourth-order valence-corrected chi connectivity index (χ4v) is 2.24. The molecule has 2 atom stereocenters. The number of alkyl halides is 1. The Morgan fingerprint density at radius 3 is 1.80 bits per heavy atom. The maximum atomic E-state index is 10.6. The van der Waals surface area contributed by atoms with Crippen LogP contribution in [0.1, 0.15) is 9.78 Å². The van der Waals surface area contributed by atoms with Gasteiger partial charge in [0.25, 0.3) is 0 Å². The first-order valence-corrected chi connectivity index (χ1v) is 6.45. The fourth-order valence-electron chi connectivity index (χ4n) is 0.337. The van der Waals surface area contributed by atoms with Gasteiger partial charge in [0.15, 0.2) is 0 Å². The summed E-state index contributed by atoms with van der Waals surface area (Å²) in [6, 6.07) is 0. The van der Waals surface area contributed by atoms with Crippen molar-refractivity contribution >= 4 is 65.0 Å². The van der Waals surface area contributed by atoms with Crippen molar-refractivity contribution in [2.24, 2.45) is 0 Å². The van der Waals surface area contributed by atoms with Crippen molar-refractivity contribution in [2.75, 3.05) is 7.11 Å². The average molecular weight is 315 g/mol. The Kier molecular flexibility index (Phi) is 14.3. The van der Waals surface area contributed by atoms with Gasteiger partial charge in [-0.3, -0.25) is 4.52 Å². The predicted molar refractivity (Wildman–Crippen MR) is 55.5 cm³/mol. The van der Waals surface area contributed by atoms with Gasteiger partial charge in [0.05, 0.1) is 0 Å². The van der Waals surface area contributed by atoms with Gasteiger partial charge in [0, 0.05) is 7.11 Å². The molecule has 0 saturated heterocycles. The first-order valence-electron chi connectivity index (χ1n) is 2.99. The Morgan fingerprint density at radius 2 is 1.60 bits per heavy atom. The first kappa shape index (κ1) is 22.0. The second-order valence-electron chi connectivity index (χ2n) is 1.69. The smallest absolute Gasteiger partial charge is 1.00 e. The Hall–Kier alpha value is 1.77. The third kappa shape index (κ3) is 18.3. The summed E-state index contributed by atoms with van der Waals surface area (Å²) in [5.41, 5.74) is -1.19. The van der Waals surface area contributed by atoms with Crippen LogP contribution in [0.5, 0.6) is 0 Å². The van der Waals surface area contributed by atoms with Crippen LogP contribution in [0.15, 0.2) is 0 Å². The molecule has 0 aromatic rings. The van der Waals surface area contributed by atoms with Crippen LogP contribution in [-0.2, 0) is 18.0 Å². The van der Waals surface area contributed by atoms with Crippen LogP contribution in [-0.4, -0.2) is 70.2 Å². The van der Waals surface area contributed by atoms with Gasteiger partial charge < -0.3 is 22.6 Å². The molecule has 4 N–H and O–H groups in total. The molecule has 0 aliphatic heterocycles. The van der Waals surface area contributed by atoms with E-state index in [1.807, 2.05) is 0 Å². The van der Waals surface area contributed by atoms with Crippen molar-refractivity contribution < 1.29 is 40.6 Å². The Balaban J connectivity index is -0.0000000907. The molecule has 0 spiro atoms. The van der Waals surface area contributed by atoms with Crippen LogP contribution in [0.3, 0.4) is 0 Å². The minimum Gasteiger partial charge on any atom is -1.00 e. The standard InChI is InChI=1S/C2H7ClO7P2.CH4O.Ca.2H/c1-2(3)9-12(7,8)10-11(4,5)6;1-2;;;/h2H,1H3,(H,7,8)(H2,4,5,6);2H,1H3;;;/q;;+2;2*-1. The molecule has 0 heterocycles. The van der Waals surface area contributed by atoms with E-state index in [4.69, 9.17) is 31.4 Å². The fraction of sp³-hybridized carbons (Fsp3) is 1.00. The molecule has 0 aromatic heterocycles. The summed E-state index contributed by atoms with van der Waals surface area (Å²) < 4.78 is 28.0. The number of halogens is 1. The minimum atomic E-state index is -5.04. The number of aliphatic hydroxyl groups excluding tert-OH is 1. The zero-order chi connectivity index (χ0) is 12.0. The van der Waals surface area contributed by atoms with Crippen LogP contribution in [0.2, 0.25) is 0 Å². The monoisotopic (exact) mass is 314 g/mol. The zero-order valence-electron chi connectivity index (χ0n) is 9.98. The summed E-state index contributed by atoms with van der Waals surface area (Å²) in [7, 11) is -8.81. The van der Waals surface area contributed by atoms with Gasteiger partial charge in [-0.1, -0.05) is 11.6 Å². The van der Waals surface area contributed by atoms with E-state index in [-0.39, 0.29) is 40.6 Å².